The van der Waals surface area contributed by atoms with E-state index in [0.717, 1.165) is 11.1 Å². The third-order valence-corrected chi connectivity index (χ3v) is 3.95. The van der Waals surface area contributed by atoms with Gasteiger partial charge in [-0.25, -0.2) is 0 Å². The summed E-state index contributed by atoms with van der Waals surface area (Å²) in [5.41, 5.74) is 9.13. The predicted molar refractivity (Wildman–Crippen MR) is 91.5 cm³/mol. The molecule has 0 aliphatic heterocycles. The van der Waals surface area contributed by atoms with Gasteiger partial charge < -0.3 is 11.1 Å². The molecule has 0 fully saturated rings. The van der Waals surface area contributed by atoms with E-state index in [1.165, 1.54) is 11.0 Å². The van der Waals surface area contributed by atoms with Gasteiger partial charge in [-0.1, -0.05) is 6.07 Å². The molecule has 2 aromatic carbocycles. The first-order valence-electron chi connectivity index (χ1n) is 7.52. The van der Waals surface area contributed by atoms with E-state index in [1.54, 1.807) is 30.3 Å². The lowest BCUT2D eigenvalue weighted by atomic mass is 10.0. The third-order valence-electron chi connectivity index (χ3n) is 3.95. The topological polar surface area (TPSA) is 116 Å². The molecule has 0 unspecified atom stereocenters. The van der Waals surface area contributed by atoms with Gasteiger partial charge in [0, 0.05) is 11.3 Å². The number of carbonyl (C=O) groups is 2. The lowest BCUT2D eigenvalue weighted by Crippen LogP contribution is -2.17. The first-order chi connectivity index (χ1) is 12.0. The number of aryl methyl sites for hydroxylation is 1. The number of benzene rings is 2. The predicted octanol–water partition coefficient (Wildman–Crippen LogP) is 1.63. The number of carbonyl (C=O) groups excluding carboxylic acids is 2. The number of rotatable bonds is 4. The molecule has 0 saturated heterocycles. The molecule has 126 valence electrons. The highest BCUT2D eigenvalue weighted by Crippen LogP contribution is 2.23. The highest BCUT2D eigenvalue weighted by atomic mass is 16.2. The van der Waals surface area contributed by atoms with Gasteiger partial charge in [0.15, 0.2) is 0 Å². The van der Waals surface area contributed by atoms with Crippen LogP contribution in [0.15, 0.2) is 42.7 Å². The van der Waals surface area contributed by atoms with Gasteiger partial charge in [-0.05, 0) is 65.7 Å². The number of anilines is 1. The number of nitrogens with zero attached hydrogens (tertiary/aromatic N) is 4. The van der Waals surface area contributed by atoms with Gasteiger partial charge >= 0.3 is 0 Å². The van der Waals surface area contributed by atoms with E-state index in [9.17, 15) is 9.59 Å². The number of hydrogen-bond acceptors (Lipinski definition) is 5. The second-order valence-corrected chi connectivity index (χ2v) is 5.55. The Hall–Kier alpha value is -3.55. The average Bonchev–Trinajstić information content (AvgIpc) is 3.11. The maximum Gasteiger partial charge on any atom is 0.257 e. The summed E-state index contributed by atoms with van der Waals surface area (Å²) in [6.07, 6.45) is 1.44. The smallest absolute Gasteiger partial charge is 0.257 e. The van der Waals surface area contributed by atoms with Gasteiger partial charge in [0.05, 0.1) is 11.3 Å². The van der Waals surface area contributed by atoms with Crippen molar-refractivity contribution < 1.29 is 9.59 Å². The largest absolute Gasteiger partial charge is 0.366 e. The van der Waals surface area contributed by atoms with Crippen LogP contribution < -0.4 is 11.1 Å². The van der Waals surface area contributed by atoms with Crippen LogP contribution in [0.2, 0.25) is 0 Å². The van der Waals surface area contributed by atoms with Crippen LogP contribution in [0.4, 0.5) is 5.69 Å². The molecule has 0 radical (unpaired) electrons. The SMILES string of the molecule is Cc1ccc(C(=O)Nc2ccc(C(N)=O)cc2)c(-n2cnnn2)c1C. The van der Waals surface area contributed by atoms with Crippen LogP contribution in [0.1, 0.15) is 31.8 Å². The van der Waals surface area contributed by atoms with Crippen LogP contribution in [0.25, 0.3) is 5.69 Å². The minimum Gasteiger partial charge on any atom is -0.366 e. The molecule has 1 aromatic heterocycles. The van der Waals surface area contributed by atoms with E-state index < -0.39 is 5.91 Å². The highest BCUT2D eigenvalue weighted by molar-refractivity contribution is 6.07. The molecule has 8 nitrogen and oxygen atoms in total. The summed E-state index contributed by atoms with van der Waals surface area (Å²) in [7, 11) is 0. The molecule has 3 aromatic rings. The first kappa shape index (κ1) is 16.3. The Bertz CT molecular complexity index is 933. The summed E-state index contributed by atoms with van der Waals surface area (Å²) in [5, 5.41) is 14.0. The summed E-state index contributed by atoms with van der Waals surface area (Å²) >= 11 is 0. The summed E-state index contributed by atoms with van der Waals surface area (Å²) in [6, 6.07) is 9.95. The zero-order valence-electron chi connectivity index (χ0n) is 13.7. The van der Waals surface area contributed by atoms with Gasteiger partial charge in [-0.3, -0.25) is 9.59 Å². The molecular formula is C17H16N6O2. The Kier molecular flexibility index (Phi) is 4.25. The van der Waals surface area contributed by atoms with Gasteiger partial charge in [0.25, 0.3) is 5.91 Å². The molecule has 0 aliphatic carbocycles. The number of aromatic nitrogens is 4. The van der Waals surface area contributed by atoms with E-state index in [0.29, 0.717) is 22.5 Å². The zero-order chi connectivity index (χ0) is 18.0. The Balaban J connectivity index is 1.95. The first-order valence-corrected chi connectivity index (χ1v) is 7.52. The average molecular weight is 336 g/mol. The van der Waals surface area contributed by atoms with Crippen molar-refractivity contribution >= 4 is 17.5 Å². The lowest BCUT2D eigenvalue weighted by Gasteiger charge is -2.14. The molecule has 25 heavy (non-hydrogen) atoms. The molecule has 0 atom stereocenters. The van der Waals surface area contributed by atoms with E-state index in [-0.39, 0.29) is 5.91 Å². The quantitative estimate of drug-likeness (QED) is 0.751. The second kappa shape index (κ2) is 6.52. The number of amides is 2. The van der Waals surface area contributed by atoms with Crippen molar-refractivity contribution in [3.8, 4) is 5.69 Å². The van der Waals surface area contributed by atoms with Gasteiger partial charge in [0.1, 0.15) is 6.33 Å². The molecule has 3 rings (SSSR count). The third kappa shape index (κ3) is 3.23. The molecule has 1 heterocycles. The molecule has 0 spiro atoms. The second-order valence-electron chi connectivity index (χ2n) is 5.55. The van der Waals surface area contributed by atoms with Crippen LogP contribution in [0.5, 0.6) is 0 Å². The summed E-state index contributed by atoms with van der Waals surface area (Å²) in [5.74, 6) is -0.826. The minimum absolute atomic E-state index is 0.305. The van der Waals surface area contributed by atoms with Gasteiger partial charge in [0.2, 0.25) is 5.91 Å². The zero-order valence-corrected chi connectivity index (χ0v) is 13.7. The maximum atomic E-state index is 12.7. The fourth-order valence-corrected chi connectivity index (χ4v) is 2.46. The van der Waals surface area contributed by atoms with Crippen molar-refractivity contribution in [2.45, 2.75) is 13.8 Å². The molecule has 3 N–H and O–H groups in total. The van der Waals surface area contributed by atoms with E-state index in [4.69, 9.17) is 5.73 Å². The van der Waals surface area contributed by atoms with Crippen LogP contribution in [0, 0.1) is 13.8 Å². The number of nitrogens with one attached hydrogen (secondary N) is 1. The van der Waals surface area contributed by atoms with Crippen molar-refractivity contribution in [1.82, 2.24) is 20.2 Å². The molecule has 8 heteroatoms. The van der Waals surface area contributed by atoms with E-state index >= 15 is 0 Å². The molecule has 0 aliphatic rings. The number of hydrogen-bond donors (Lipinski definition) is 2. The Labute approximate surface area is 143 Å². The molecule has 2 amide bonds. The normalized spacial score (nSPS) is 10.5. The summed E-state index contributed by atoms with van der Waals surface area (Å²) in [4.78, 5) is 23.8. The summed E-state index contributed by atoms with van der Waals surface area (Å²) in [6.45, 7) is 3.86. The van der Waals surface area contributed by atoms with Crippen LogP contribution in [-0.4, -0.2) is 32.0 Å². The van der Waals surface area contributed by atoms with E-state index in [1.807, 2.05) is 19.9 Å². The lowest BCUT2D eigenvalue weighted by molar-refractivity contribution is 0.0998. The number of primary amides is 1. The number of nitrogens with two attached hydrogens (primary N) is 1. The van der Waals surface area contributed by atoms with Crippen LogP contribution >= 0.6 is 0 Å². The Morgan fingerprint density at radius 1 is 1.08 bits per heavy atom. The minimum atomic E-state index is -0.520. The fourth-order valence-electron chi connectivity index (χ4n) is 2.46. The van der Waals surface area contributed by atoms with Gasteiger partial charge in [-0.2, -0.15) is 4.68 Å². The van der Waals surface area contributed by atoms with Crippen molar-refractivity contribution in [1.29, 1.82) is 0 Å². The van der Waals surface area contributed by atoms with Crippen molar-refractivity contribution in [2.24, 2.45) is 5.73 Å². The van der Waals surface area contributed by atoms with E-state index in [2.05, 4.69) is 20.8 Å². The maximum absolute atomic E-state index is 12.7. The van der Waals surface area contributed by atoms with Crippen molar-refractivity contribution in [3.05, 3.63) is 65.0 Å². The summed E-state index contributed by atoms with van der Waals surface area (Å²) < 4.78 is 1.47. The highest BCUT2D eigenvalue weighted by Gasteiger charge is 2.17. The Morgan fingerprint density at radius 2 is 1.80 bits per heavy atom. The molecular weight excluding hydrogens is 320 g/mol. The number of tetrazole rings is 1. The Morgan fingerprint density at radius 3 is 2.40 bits per heavy atom. The van der Waals surface area contributed by atoms with Gasteiger partial charge in [-0.15, -0.1) is 5.10 Å². The molecule has 0 saturated carbocycles. The molecule has 0 bridgehead atoms. The van der Waals surface area contributed by atoms with Crippen LogP contribution in [-0.2, 0) is 0 Å². The van der Waals surface area contributed by atoms with Crippen molar-refractivity contribution in [2.75, 3.05) is 5.32 Å². The fraction of sp³-hybridized carbons (Fsp3) is 0.118. The van der Waals surface area contributed by atoms with Crippen LogP contribution in [0.3, 0.4) is 0 Å². The monoisotopic (exact) mass is 336 g/mol. The standard InChI is InChI=1S/C17H16N6O2/c1-10-3-8-14(15(11(10)2)23-9-19-21-22-23)17(25)20-13-6-4-12(5-7-13)16(18)24/h3-9H,1-2H3,(H2,18,24)(H,20,25). The van der Waals surface area contributed by atoms with Crippen molar-refractivity contribution in [3.63, 3.8) is 0 Å².